The van der Waals surface area contributed by atoms with Crippen LogP contribution in [-0.2, 0) is 14.6 Å². The van der Waals surface area contributed by atoms with Gasteiger partial charge in [0.15, 0.2) is 15.4 Å². The van der Waals surface area contributed by atoms with Crippen LogP contribution in [0.3, 0.4) is 0 Å². The minimum Gasteiger partial charge on any atom is -0.479 e. The zero-order valence-corrected chi connectivity index (χ0v) is 12.7. The lowest BCUT2D eigenvalue weighted by atomic mass is 10.1. The van der Waals surface area contributed by atoms with E-state index in [2.05, 4.69) is 5.32 Å². The number of sulfone groups is 1. The third kappa shape index (κ3) is 4.27. The van der Waals surface area contributed by atoms with E-state index in [0.717, 1.165) is 13.2 Å². The molecule has 8 heteroatoms. The molecule has 7 nitrogen and oxygen atoms in total. The lowest BCUT2D eigenvalue weighted by molar-refractivity contribution is -0.155. The zero-order chi connectivity index (χ0) is 16.4. The smallest absolute Gasteiger partial charge is 0.337 e. The van der Waals surface area contributed by atoms with Crippen LogP contribution < -0.4 is 5.32 Å². The van der Waals surface area contributed by atoms with Crippen molar-refractivity contribution in [1.29, 1.82) is 0 Å². The summed E-state index contributed by atoms with van der Waals surface area (Å²) < 4.78 is 23.0. The van der Waals surface area contributed by atoms with Crippen molar-refractivity contribution >= 4 is 21.7 Å². The van der Waals surface area contributed by atoms with Crippen LogP contribution in [0.2, 0.25) is 0 Å². The van der Waals surface area contributed by atoms with Crippen LogP contribution >= 0.6 is 0 Å². The number of rotatable bonds is 5. The molecule has 0 aliphatic heterocycles. The van der Waals surface area contributed by atoms with Crippen molar-refractivity contribution in [3.05, 3.63) is 29.3 Å². The van der Waals surface area contributed by atoms with Gasteiger partial charge in [0.05, 0.1) is 11.4 Å². The van der Waals surface area contributed by atoms with Crippen LogP contribution in [0.5, 0.6) is 0 Å². The fourth-order valence-electron chi connectivity index (χ4n) is 1.50. The summed E-state index contributed by atoms with van der Waals surface area (Å²) in [6, 6.07) is 4.09. The van der Waals surface area contributed by atoms with E-state index >= 15 is 0 Å². The Morgan fingerprint density at radius 2 is 1.90 bits per heavy atom. The summed E-state index contributed by atoms with van der Waals surface area (Å²) in [6.07, 6.45) is 1.02. The number of carbonyl (C=O) groups excluding carboxylic acids is 1. The molecule has 0 heterocycles. The molecule has 1 atom stereocenters. The molecule has 0 saturated heterocycles. The minimum absolute atomic E-state index is 0.0109. The highest BCUT2D eigenvalue weighted by Crippen LogP contribution is 2.16. The fourth-order valence-corrected chi connectivity index (χ4v) is 2.15. The Morgan fingerprint density at radius 1 is 1.33 bits per heavy atom. The van der Waals surface area contributed by atoms with Gasteiger partial charge in [0.2, 0.25) is 0 Å². The Morgan fingerprint density at radius 3 is 2.38 bits per heavy atom. The Balaban J connectivity index is 3.01. The molecule has 1 amide bonds. The van der Waals surface area contributed by atoms with Crippen LogP contribution in [0, 0.1) is 6.92 Å². The van der Waals surface area contributed by atoms with Crippen molar-refractivity contribution in [2.75, 3.05) is 12.8 Å². The van der Waals surface area contributed by atoms with Gasteiger partial charge in [-0.3, -0.25) is 4.79 Å². The topological polar surface area (TPSA) is 121 Å². The summed E-state index contributed by atoms with van der Waals surface area (Å²) in [4.78, 5) is 22.7. The van der Waals surface area contributed by atoms with Crippen molar-refractivity contribution in [2.45, 2.75) is 24.3 Å². The first-order chi connectivity index (χ1) is 9.45. The second-order valence-corrected chi connectivity index (χ2v) is 7.03. The van der Waals surface area contributed by atoms with Crippen LogP contribution in [-0.4, -0.2) is 48.9 Å². The summed E-state index contributed by atoms with van der Waals surface area (Å²) in [5.74, 6) is -2.12. The predicted molar refractivity (Wildman–Crippen MR) is 74.9 cm³/mol. The highest BCUT2D eigenvalue weighted by atomic mass is 32.2. The van der Waals surface area contributed by atoms with E-state index < -0.39 is 33.9 Å². The molecule has 0 bridgehead atoms. The molecule has 1 rings (SSSR count). The SMILES string of the molecule is Cc1ccc(S(C)(=O)=O)cc1C(=O)NCC(C)(O)C(=O)O. The van der Waals surface area contributed by atoms with Crippen molar-refractivity contribution in [3.63, 3.8) is 0 Å². The van der Waals surface area contributed by atoms with Gasteiger partial charge in [-0.05, 0) is 31.5 Å². The maximum atomic E-state index is 12.0. The third-order valence-corrected chi connectivity index (χ3v) is 4.05. The first-order valence-electron chi connectivity index (χ1n) is 6.00. The largest absolute Gasteiger partial charge is 0.479 e. The number of carboxylic acid groups (broad SMARTS) is 1. The van der Waals surface area contributed by atoms with Gasteiger partial charge >= 0.3 is 5.97 Å². The van der Waals surface area contributed by atoms with E-state index in [-0.39, 0.29) is 10.5 Å². The minimum atomic E-state index is -3.46. The summed E-state index contributed by atoms with van der Waals surface area (Å²) in [5, 5.41) is 20.6. The number of amides is 1. The Bertz CT molecular complexity index is 678. The number of aryl methyl sites for hydroxylation is 1. The molecule has 21 heavy (non-hydrogen) atoms. The maximum Gasteiger partial charge on any atom is 0.337 e. The molecule has 0 radical (unpaired) electrons. The zero-order valence-electron chi connectivity index (χ0n) is 11.9. The number of aliphatic hydroxyl groups is 1. The van der Waals surface area contributed by atoms with Gasteiger partial charge in [-0.1, -0.05) is 6.07 Å². The third-order valence-electron chi connectivity index (χ3n) is 2.94. The van der Waals surface area contributed by atoms with Crippen molar-refractivity contribution in [2.24, 2.45) is 0 Å². The Kier molecular flexibility index (Phi) is 4.75. The average Bonchev–Trinajstić information content (AvgIpc) is 2.35. The summed E-state index contributed by atoms with van der Waals surface area (Å²) >= 11 is 0. The molecule has 0 spiro atoms. The van der Waals surface area contributed by atoms with Gasteiger partial charge in [-0.2, -0.15) is 0 Å². The van der Waals surface area contributed by atoms with Crippen LogP contribution in [0.15, 0.2) is 23.1 Å². The number of carbonyl (C=O) groups is 2. The second-order valence-electron chi connectivity index (χ2n) is 5.01. The van der Waals surface area contributed by atoms with Gasteiger partial charge in [0.25, 0.3) is 5.91 Å². The molecule has 3 N–H and O–H groups in total. The van der Waals surface area contributed by atoms with E-state index in [1.165, 1.54) is 18.2 Å². The van der Waals surface area contributed by atoms with Crippen LogP contribution in [0.1, 0.15) is 22.8 Å². The molecular weight excluding hydrogens is 298 g/mol. The van der Waals surface area contributed by atoms with Gasteiger partial charge in [0, 0.05) is 11.8 Å². The lowest BCUT2D eigenvalue weighted by Crippen LogP contribution is -2.46. The quantitative estimate of drug-likeness (QED) is 0.701. The standard InChI is InChI=1S/C13H17NO6S/c1-8-4-5-9(21(3,19)20)6-10(8)11(15)14-7-13(2,18)12(16)17/h4-6,18H,7H2,1-3H3,(H,14,15)(H,16,17). The lowest BCUT2D eigenvalue weighted by Gasteiger charge is -2.18. The second kappa shape index (κ2) is 5.82. The van der Waals surface area contributed by atoms with E-state index in [1.807, 2.05) is 0 Å². The number of nitrogens with one attached hydrogen (secondary N) is 1. The fraction of sp³-hybridized carbons (Fsp3) is 0.385. The molecule has 0 aromatic heterocycles. The molecular formula is C13H17NO6S. The Labute approximate surface area is 122 Å². The summed E-state index contributed by atoms with van der Waals surface area (Å²) in [6.45, 7) is 2.18. The molecule has 1 aromatic carbocycles. The maximum absolute atomic E-state index is 12.0. The molecule has 116 valence electrons. The number of carboxylic acids is 1. The molecule has 1 aromatic rings. The first kappa shape index (κ1) is 17.1. The number of benzene rings is 1. The average molecular weight is 315 g/mol. The highest BCUT2D eigenvalue weighted by molar-refractivity contribution is 7.90. The molecule has 0 aliphatic carbocycles. The van der Waals surface area contributed by atoms with Crippen LogP contribution in [0.4, 0.5) is 0 Å². The van der Waals surface area contributed by atoms with Gasteiger partial charge in [0.1, 0.15) is 0 Å². The monoisotopic (exact) mass is 315 g/mol. The highest BCUT2D eigenvalue weighted by Gasteiger charge is 2.30. The molecule has 1 unspecified atom stereocenters. The normalized spacial score (nSPS) is 14.3. The summed E-state index contributed by atoms with van der Waals surface area (Å²) in [5.41, 5.74) is -1.45. The van der Waals surface area contributed by atoms with Gasteiger partial charge < -0.3 is 15.5 Å². The van der Waals surface area contributed by atoms with E-state index in [0.29, 0.717) is 5.56 Å². The van der Waals surface area contributed by atoms with E-state index in [1.54, 1.807) is 6.92 Å². The Hall–Kier alpha value is -1.93. The van der Waals surface area contributed by atoms with Crippen molar-refractivity contribution in [1.82, 2.24) is 5.32 Å². The molecule has 0 aliphatic rings. The molecule has 0 fully saturated rings. The first-order valence-corrected chi connectivity index (χ1v) is 7.89. The van der Waals surface area contributed by atoms with Crippen molar-refractivity contribution in [3.8, 4) is 0 Å². The molecule has 0 saturated carbocycles. The summed E-state index contributed by atoms with van der Waals surface area (Å²) in [7, 11) is -3.46. The number of hydrogen-bond donors (Lipinski definition) is 3. The van der Waals surface area contributed by atoms with E-state index in [4.69, 9.17) is 5.11 Å². The van der Waals surface area contributed by atoms with Gasteiger partial charge in [-0.25, -0.2) is 13.2 Å². The van der Waals surface area contributed by atoms with Crippen molar-refractivity contribution < 1.29 is 28.2 Å². The van der Waals surface area contributed by atoms with E-state index in [9.17, 15) is 23.1 Å². The number of aliphatic carboxylic acids is 1. The predicted octanol–water partition coefficient (Wildman–Crippen LogP) is -0.0361. The van der Waals surface area contributed by atoms with Crippen LogP contribution in [0.25, 0.3) is 0 Å². The van der Waals surface area contributed by atoms with Gasteiger partial charge in [-0.15, -0.1) is 0 Å². The number of hydrogen-bond acceptors (Lipinski definition) is 5.